The third kappa shape index (κ3) is 5.61. The highest BCUT2D eigenvalue weighted by molar-refractivity contribution is 7.90. The van der Waals surface area contributed by atoms with Crippen LogP contribution in [0.15, 0.2) is 77.7 Å². The largest absolute Gasteiger partial charge is 0.304 e. The maximum atomic E-state index is 14.4. The minimum absolute atomic E-state index is 0.0129. The molecule has 160 valence electrons. The number of carbonyl (C=O) groups is 2. The second kappa shape index (κ2) is 9.18. The number of hydrogen-bond donors (Lipinski definition) is 0. The lowest BCUT2D eigenvalue weighted by Gasteiger charge is -2.22. The van der Waals surface area contributed by atoms with Crippen molar-refractivity contribution in [2.24, 2.45) is 0 Å². The van der Waals surface area contributed by atoms with Gasteiger partial charge in [0.15, 0.2) is 15.6 Å². The molecule has 0 fully saturated rings. The molecule has 0 aliphatic heterocycles. The lowest BCUT2D eigenvalue weighted by atomic mass is 10.1. The van der Waals surface area contributed by atoms with Gasteiger partial charge in [-0.1, -0.05) is 30.3 Å². The van der Waals surface area contributed by atoms with E-state index in [4.69, 9.17) is 0 Å². The van der Waals surface area contributed by atoms with Gasteiger partial charge < -0.3 is 4.90 Å². The Labute approximate surface area is 178 Å². The number of nitrogens with zero attached hydrogens (tertiary/aromatic N) is 1. The lowest BCUT2D eigenvalue weighted by molar-refractivity contribution is -0.117. The van der Waals surface area contributed by atoms with Crippen LogP contribution in [-0.4, -0.2) is 32.9 Å². The van der Waals surface area contributed by atoms with E-state index in [1.165, 1.54) is 12.1 Å². The first-order valence-corrected chi connectivity index (χ1v) is 11.2. The number of hydrogen-bond acceptors (Lipinski definition) is 4. The normalized spacial score (nSPS) is 11.2. The third-order valence-corrected chi connectivity index (χ3v) is 5.72. The van der Waals surface area contributed by atoms with E-state index in [0.29, 0.717) is 0 Å². The molecule has 1 amide bonds. The molecule has 0 bridgehead atoms. The summed E-state index contributed by atoms with van der Waals surface area (Å²) >= 11 is 0. The van der Waals surface area contributed by atoms with Crippen LogP contribution in [0.25, 0.3) is 0 Å². The van der Waals surface area contributed by atoms with Crippen LogP contribution in [0.1, 0.15) is 15.9 Å². The Balaban J connectivity index is 1.90. The molecule has 3 rings (SSSR count). The first kappa shape index (κ1) is 22.3. The molecule has 0 saturated heterocycles. The Hall–Kier alpha value is -3.39. The average molecular weight is 443 g/mol. The predicted octanol–water partition coefficient (Wildman–Crippen LogP) is 3.83. The van der Waals surface area contributed by atoms with Gasteiger partial charge in [0, 0.05) is 11.9 Å². The summed E-state index contributed by atoms with van der Waals surface area (Å²) in [6.07, 6.45) is 0.919. The number of amides is 1. The summed E-state index contributed by atoms with van der Waals surface area (Å²) in [7, 11) is -3.64. The van der Waals surface area contributed by atoms with Crippen LogP contribution in [-0.2, 0) is 21.1 Å². The predicted molar refractivity (Wildman–Crippen MR) is 113 cm³/mol. The first-order chi connectivity index (χ1) is 14.6. The molecule has 0 atom stereocenters. The molecule has 0 N–H and O–H groups in total. The van der Waals surface area contributed by atoms with Crippen molar-refractivity contribution in [1.29, 1.82) is 0 Å². The molecule has 0 aliphatic carbocycles. The maximum absolute atomic E-state index is 14.4. The van der Waals surface area contributed by atoms with Crippen LogP contribution in [0.2, 0.25) is 0 Å². The molecule has 3 aromatic carbocycles. The molecule has 0 spiro atoms. The van der Waals surface area contributed by atoms with Crippen molar-refractivity contribution in [2.45, 2.75) is 11.3 Å². The standard InChI is InChI=1S/C23H19F2NO4S/c1-31(29,30)19-11-12-20(21(25)14-19)22(27)15-26(18-9-7-17(24)8-10-18)23(28)13-16-5-3-2-4-6-16/h2-12,14H,13,15H2,1H3. The second-order valence-corrected chi connectivity index (χ2v) is 8.97. The Morgan fingerprint density at radius 1 is 0.903 bits per heavy atom. The Morgan fingerprint density at radius 2 is 1.55 bits per heavy atom. The van der Waals surface area contributed by atoms with E-state index in [2.05, 4.69) is 0 Å². The summed E-state index contributed by atoms with van der Waals surface area (Å²) in [5, 5.41) is 0. The molecule has 0 aliphatic rings. The number of rotatable bonds is 7. The molecule has 5 nitrogen and oxygen atoms in total. The highest BCUT2D eigenvalue weighted by atomic mass is 32.2. The van der Waals surface area contributed by atoms with Crippen molar-refractivity contribution < 1.29 is 26.8 Å². The first-order valence-electron chi connectivity index (χ1n) is 9.28. The summed E-state index contributed by atoms with van der Waals surface area (Å²) in [6, 6.07) is 16.9. The quantitative estimate of drug-likeness (QED) is 0.521. The van der Waals surface area contributed by atoms with Crippen molar-refractivity contribution in [2.75, 3.05) is 17.7 Å². The number of sulfone groups is 1. The summed E-state index contributed by atoms with van der Waals surface area (Å²) in [5.74, 6) is -2.65. The van der Waals surface area contributed by atoms with Gasteiger partial charge in [0.05, 0.1) is 23.4 Å². The van der Waals surface area contributed by atoms with Crippen molar-refractivity contribution in [3.63, 3.8) is 0 Å². The Morgan fingerprint density at radius 3 is 2.13 bits per heavy atom. The number of carbonyl (C=O) groups excluding carboxylic acids is 2. The third-order valence-electron chi connectivity index (χ3n) is 4.61. The Kier molecular flexibility index (Phi) is 6.60. The van der Waals surface area contributed by atoms with Gasteiger partial charge in [-0.3, -0.25) is 9.59 Å². The molecule has 3 aromatic rings. The fourth-order valence-electron chi connectivity index (χ4n) is 2.99. The van der Waals surface area contributed by atoms with Crippen molar-refractivity contribution in [3.05, 3.63) is 95.6 Å². The van der Waals surface area contributed by atoms with Crippen molar-refractivity contribution >= 4 is 27.2 Å². The second-order valence-electron chi connectivity index (χ2n) is 6.96. The molecule has 8 heteroatoms. The highest BCUT2D eigenvalue weighted by Crippen LogP contribution is 2.20. The number of Topliss-reactive ketones (excluding diaryl/α,β-unsaturated/α-hetero) is 1. The number of halogens is 2. The van der Waals surface area contributed by atoms with Crippen LogP contribution in [0.4, 0.5) is 14.5 Å². The van der Waals surface area contributed by atoms with E-state index in [1.807, 2.05) is 0 Å². The molecule has 0 aromatic heterocycles. The molecule has 31 heavy (non-hydrogen) atoms. The minimum Gasteiger partial charge on any atom is -0.304 e. The van der Waals surface area contributed by atoms with E-state index in [0.717, 1.165) is 47.1 Å². The lowest BCUT2D eigenvalue weighted by Crippen LogP contribution is -2.37. The maximum Gasteiger partial charge on any atom is 0.231 e. The fraction of sp³-hybridized carbons (Fsp3) is 0.130. The summed E-state index contributed by atoms with van der Waals surface area (Å²) in [5.41, 5.74) is 0.659. The van der Waals surface area contributed by atoms with E-state index in [-0.39, 0.29) is 22.6 Å². The van der Waals surface area contributed by atoms with Gasteiger partial charge in [-0.2, -0.15) is 0 Å². The van der Waals surface area contributed by atoms with Crippen LogP contribution in [0.5, 0.6) is 0 Å². The topological polar surface area (TPSA) is 71.5 Å². The zero-order valence-electron chi connectivity index (χ0n) is 16.6. The van der Waals surface area contributed by atoms with Crippen LogP contribution >= 0.6 is 0 Å². The SMILES string of the molecule is CS(=O)(=O)c1ccc(C(=O)CN(C(=O)Cc2ccccc2)c2ccc(F)cc2)c(F)c1. The van der Waals surface area contributed by atoms with Gasteiger partial charge in [-0.15, -0.1) is 0 Å². The molecule has 0 radical (unpaired) electrons. The number of benzene rings is 3. The van der Waals surface area contributed by atoms with Gasteiger partial charge in [0.2, 0.25) is 5.91 Å². The van der Waals surface area contributed by atoms with Crippen LogP contribution < -0.4 is 4.90 Å². The molecule has 0 heterocycles. The smallest absolute Gasteiger partial charge is 0.231 e. The van der Waals surface area contributed by atoms with Crippen molar-refractivity contribution in [3.8, 4) is 0 Å². The van der Waals surface area contributed by atoms with Gasteiger partial charge in [0.1, 0.15) is 11.6 Å². The monoisotopic (exact) mass is 443 g/mol. The van der Waals surface area contributed by atoms with Gasteiger partial charge >= 0.3 is 0 Å². The number of anilines is 1. The fourth-order valence-corrected chi connectivity index (χ4v) is 3.62. The molecular weight excluding hydrogens is 424 g/mol. The Bertz CT molecular complexity index is 1210. The van der Waals surface area contributed by atoms with Crippen LogP contribution in [0.3, 0.4) is 0 Å². The van der Waals surface area contributed by atoms with E-state index < -0.39 is 39.7 Å². The summed E-state index contributed by atoms with van der Waals surface area (Å²) in [4.78, 5) is 26.6. The van der Waals surface area contributed by atoms with Crippen LogP contribution in [0, 0.1) is 11.6 Å². The summed E-state index contributed by atoms with van der Waals surface area (Å²) < 4.78 is 51.0. The zero-order valence-corrected chi connectivity index (χ0v) is 17.4. The average Bonchev–Trinajstić information content (AvgIpc) is 2.72. The molecule has 0 unspecified atom stereocenters. The summed E-state index contributed by atoms with van der Waals surface area (Å²) in [6.45, 7) is -0.494. The van der Waals surface area contributed by atoms with Crippen molar-refractivity contribution in [1.82, 2.24) is 0 Å². The van der Waals surface area contributed by atoms with Gasteiger partial charge in [-0.05, 0) is 48.0 Å². The highest BCUT2D eigenvalue weighted by Gasteiger charge is 2.23. The minimum atomic E-state index is -3.64. The van der Waals surface area contributed by atoms with Gasteiger partial charge in [-0.25, -0.2) is 17.2 Å². The van der Waals surface area contributed by atoms with Gasteiger partial charge in [0.25, 0.3) is 0 Å². The molecular formula is C23H19F2NO4S. The van der Waals surface area contributed by atoms with E-state index in [1.54, 1.807) is 30.3 Å². The van der Waals surface area contributed by atoms with E-state index >= 15 is 0 Å². The number of ketones is 1. The van der Waals surface area contributed by atoms with E-state index in [9.17, 15) is 26.8 Å². The molecule has 0 saturated carbocycles. The zero-order chi connectivity index (χ0) is 22.6.